The minimum absolute atomic E-state index is 0.164. The molecule has 0 aliphatic carbocycles. The summed E-state index contributed by atoms with van der Waals surface area (Å²) in [4.78, 5) is 15.5. The smallest absolute Gasteiger partial charge is 0.408 e. The van der Waals surface area contributed by atoms with E-state index in [1.165, 1.54) is 0 Å². The molecule has 0 saturated heterocycles. The van der Waals surface area contributed by atoms with Crippen LogP contribution in [0.15, 0.2) is 36.5 Å². The summed E-state index contributed by atoms with van der Waals surface area (Å²) in [6.07, 6.45) is 1.04. The first-order valence-electron chi connectivity index (χ1n) is 7.02. The highest BCUT2D eigenvalue weighted by Crippen LogP contribution is 2.19. The van der Waals surface area contributed by atoms with Crippen molar-refractivity contribution >= 4 is 17.6 Å². The second kappa shape index (κ2) is 7.71. The van der Waals surface area contributed by atoms with E-state index in [0.717, 1.165) is 11.1 Å². The molecule has 0 fully saturated rings. The fourth-order valence-corrected chi connectivity index (χ4v) is 1.79. The zero-order chi connectivity index (χ0) is 16.7. The summed E-state index contributed by atoms with van der Waals surface area (Å²) in [5.74, 6) is 6.00. The summed E-state index contributed by atoms with van der Waals surface area (Å²) in [6, 6.07) is 9.44. The maximum atomic E-state index is 11.5. The van der Waals surface area contributed by atoms with Crippen LogP contribution in [0.2, 0.25) is 0 Å². The molecule has 0 aliphatic heterocycles. The van der Waals surface area contributed by atoms with E-state index in [2.05, 4.69) is 22.1 Å². The Balaban J connectivity index is 1.81. The Hall–Kier alpha value is -3.20. The Morgan fingerprint density at radius 1 is 1.30 bits per heavy atom. The number of nitrogens with one attached hydrogen (secondary N) is 1. The zero-order valence-corrected chi connectivity index (χ0v) is 12.8. The average molecular weight is 310 g/mol. The van der Waals surface area contributed by atoms with Crippen LogP contribution in [-0.2, 0) is 11.3 Å². The van der Waals surface area contributed by atoms with E-state index in [0.29, 0.717) is 11.3 Å². The molecule has 0 radical (unpaired) electrons. The van der Waals surface area contributed by atoms with Crippen LogP contribution < -0.4 is 16.8 Å². The molecule has 0 atom stereocenters. The van der Waals surface area contributed by atoms with Crippen LogP contribution in [0, 0.1) is 18.8 Å². The van der Waals surface area contributed by atoms with Gasteiger partial charge in [-0.2, -0.15) is 0 Å². The van der Waals surface area contributed by atoms with Crippen molar-refractivity contribution in [2.75, 3.05) is 18.0 Å². The number of nitrogens with zero attached hydrogens (tertiary/aromatic N) is 1. The van der Waals surface area contributed by atoms with Crippen LogP contribution in [0.5, 0.6) is 0 Å². The number of alkyl carbamates (subject to hydrolysis) is 1. The highest BCUT2D eigenvalue weighted by molar-refractivity contribution is 5.68. The molecule has 23 heavy (non-hydrogen) atoms. The fraction of sp³-hybridized carbons (Fsp3) is 0.176. The largest absolute Gasteiger partial charge is 0.445 e. The summed E-state index contributed by atoms with van der Waals surface area (Å²) < 4.78 is 5.07. The van der Waals surface area contributed by atoms with Gasteiger partial charge in [0, 0.05) is 11.8 Å². The van der Waals surface area contributed by atoms with Gasteiger partial charge in [0.05, 0.1) is 12.2 Å². The van der Waals surface area contributed by atoms with Gasteiger partial charge in [-0.15, -0.1) is 0 Å². The van der Waals surface area contributed by atoms with Crippen molar-refractivity contribution < 1.29 is 9.53 Å². The second-order valence-electron chi connectivity index (χ2n) is 4.81. The Kier molecular flexibility index (Phi) is 5.42. The third-order valence-electron chi connectivity index (χ3n) is 3.17. The van der Waals surface area contributed by atoms with Gasteiger partial charge < -0.3 is 21.5 Å². The Bertz CT molecular complexity index is 748. The number of carbonyl (C=O) groups is 1. The Morgan fingerprint density at radius 2 is 2.04 bits per heavy atom. The molecule has 1 aromatic carbocycles. The summed E-state index contributed by atoms with van der Waals surface area (Å²) in [7, 11) is 0. The maximum absolute atomic E-state index is 11.5. The van der Waals surface area contributed by atoms with Crippen LogP contribution in [0.4, 0.5) is 16.3 Å². The molecule has 2 rings (SSSR count). The second-order valence-corrected chi connectivity index (χ2v) is 4.81. The van der Waals surface area contributed by atoms with Gasteiger partial charge in [0.2, 0.25) is 0 Å². The number of aromatic nitrogens is 1. The van der Waals surface area contributed by atoms with E-state index in [4.69, 9.17) is 16.2 Å². The third kappa shape index (κ3) is 4.64. The first-order chi connectivity index (χ1) is 11.1. The van der Waals surface area contributed by atoms with Crippen molar-refractivity contribution in [3.05, 3.63) is 53.2 Å². The van der Waals surface area contributed by atoms with Gasteiger partial charge in [0.1, 0.15) is 12.4 Å². The molecule has 2 aromatic rings. The third-order valence-corrected chi connectivity index (χ3v) is 3.17. The van der Waals surface area contributed by atoms with E-state index in [1.807, 2.05) is 37.3 Å². The van der Waals surface area contributed by atoms with Crippen LogP contribution in [0.25, 0.3) is 0 Å². The summed E-state index contributed by atoms with van der Waals surface area (Å²) >= 11 is 0. The van der Waals surface area contributed by atoms with Gasteiger partial charge in [0.15, 0.2) is 0 Å². The van der Waals surface area contributed by atoms with Gasteiger partial charge in [0.25, 0.3) is 0 Å². The van der Waals surface area contributed by atoms with Crippen LogP contribution in [0.3, 0.4) is 0 Å². The molecule has 0 spiro atoms. The lowest BCUT2D eigenvalue weighted by molar-refractivity contribution is 0.141. The number of ether oxygens (including phenoxy) is 1. The zero-order valence-electron chi connectivity index (χ0n) is 12.8. The molecular weight excluding hydrogens is 292 g/mol. The molecule has 6 heteroatoms. The molecule has 1 amide bonds. The SMILES string of the molecule is Cc1c(C#CCNC(=O)OCc2ccccc2)cnc(N)c1N. The van der Waals surface area contributed by atoms with Gasteiger partial charge in [-0.05, 0) is 18.1 Å². The molecule has 5 N–H and O–H groups in total. The molecule has 0 bridgehead atoms. The van der Waals surface area contributed by atoms with Crippen molar-refractivity contribution in [3.8, 4) is 11.8 Å². The number of amides is 1. The van der Waals surface area contributed by atoms with Crippen LogP contribution in [-0.4, -0.2) is 17.6 Å². The Labute approximate surface area is 134 Å². The number of benzene rings is 1. The molecule has 118 valence electrons. The lowest BCUT2D eigenvalue weighted by Gasteiger charge is -2.05. The summed E-state index contributed by atoms with van der Waals surface area (Å²) in [6.45, 7) is 2.20. The minimum atomic E-state index is -0.519. The first kappa shape index (κ1) is 16.2. The maximum Gasteiger partial charge on any atom is 0.408 e. The molecule has 0 saturated carbocycles. The van der Waals surface area contributed by atoms with E-state index >= 15 is 0 Å². The van der Waals surface area contributed by atoms with Gasteiger partial charge in [-0.1, -0.05) is 42.2 Å². The van der Waals surface area contributed by atoms with Gasteiger partial charge >= 0.3 is 6.09 Å². The number of pyridine rings is 1. The predicted molar refractivity (Wildman–Crippen MR) is 89.3 cm³/mol. The first-order valence-corrected chi connectivity index (χ1v) is 7.02. The van der Waals surface area contributed by atoms with Crippen LogP contribution >= 0.6 is 0 Å². The van der Waals surface area contributed by atoms with Crippen molar-refractivity contribution in [1.29, 1.82) is 0 Å². The predicted octanol–water partition coefficient (Wildman–Crippen LogP) is 1.83. The van der Waals surface area contributed by atoms with E-state index in [1.54, 1.807) is 6.20 Å². The van der Waals surface area contributed by atoms with Gasteiger partial charge in [-0.3, -0.25) is 0 Å². The number of hydrogen-bond donors (Lipinski definition) is 3. The van der Waals surface area contributed by atoms with Crippen molar-refractivity contribution in [3.63, 3.8) is 0 Å². The molecule has 6 nitrogen and oxygen atoms in total. The number of nitrogen functional groups attached to an aromatic ring is 2. The van der Waals surface area contributed by atoms with E-state index in [9.17, 15) is 4.79 Å². The average Bonchev–Trinajstić information content (AvgIpc) is 2.57. The number of hydrogen-bond acceptors (Lipinski definition) is 5. The lowest BCUT2D eigenvalue weighted by Crippen LogP contribution is -2.24. The van der Waals surface area contributed by atoms with Crippen molar-refractivity contribution in [2.24, 2.45) is 0 Å². The molecule has 0 unspecified atom stereocenters. The standard InChI is InChI=1S/C17H18N4O2/c1-12-14(10-21-16(19)15(12)18)8-5-9-20-17(22)23-11-13-6-3-2-4-7-13/h2-4,6-7,10H,9,11,18H2,1H3,(H2,19,21)(H,20,22). The molecule has 0 aliphatic rings. The number of anilines is 2. The van der Waals surface area contributed by atoms with Crippen LogP contribution in [0.1, 0.15) is 16.7 Å². The van der Waals surface area contributed by atoms with Crippen molar-refractivity contribution in [2.45, 2.75) is 13.5 Å². The quantitative estimate of drug-likeness (QED) is 0.750. The minimum Gasteiger partial charge on any atom is -0.445 e. The molecular formula is C17H18N4O2. The summed E-state index contributed by atoms with van der Waals surface area (Å²) in [5, 5.41) is 2.56. The van der Waals surface area contributed by atoms with E-state index in [-0.39, 0.29) is 19.0 Å². The highest BCUT2D eigenvalue weighted by Gasteiger charge is 2.04. The molecule has 1 aromatic heterocycles. The monoisotopic (exact) mass is 310 g/mol. The number of carbonyl (C=O) groups excluding carboxylic acids is 1. The summed E-state index contributed by atoms with van der Waals surface area (Å²) in [5.41, 5.74) is 14.2. The highest BCUT2D eigenvalue weighted by atomic mass is 16.5. The van der Waals surface area contributed by atoms with Crippen molar-refractivity contribution in [1.82, 2.24) is 10.3 Å². The van der Waals surface area contributed by atoms with Gasteiger partial charge in [-0.25, -0.2) is 9.78 Å². The fourth-order valence-electron chi connectivity index (χ4n) is 1.79. The Morgan fingerprint density at radius 3 is 2.78 bits per heavy atom. The molecule has 1 heterocycles. The topological polar surface area (TPSA) is 103 Å². The number of nitrogens with two attached hydrogens (primary N) is 2. The van der Waals surface area contributed by atoms with E-state index < -0.39 is 6.09 Å². The lowest BCUT2D eigenvalue weighted by atomic mass is 10.1. The number of rotatable bonds is 3. The normalized spacial score (nSPS) is 9.61.